The molecule has 24 heavy (non-hydrogen) atoms. The number of imidazole rings is 1. The fourth-order valence-corrected chi connectivity index (χ4v) is 3.01. The van der Waals surface area contributed by atoms with Crippen LogP contribution in [0.1, 0.15) is 57.2 Å². The van der Waals surface area contributed by atoms with Gasteiger partial charge < -0.3 is 20.2 Å². The first-order valence-electron chi connectivity index (χ1n) is 9.09. The zero-order valence-corrected chi connectivity index (χ0v) is 15.1. The second-order valence-electron chi connectivity index (χ2n) is 6.27. The quantitative estimate of drug-likeness (QED) is 0.571. The van der Waals surface area contributed by atoms with Gasteiger partial charge in [0, 0.05) is 18.6 Å². The van der Waals surface area contributed by atoms with Gasteiger partial charge in [-0.05, 0) is 19.4 Å². The van der Waals surface area contributed by atoms with Crippen LogP contribution in [0.25, 0.3) is 11.0 Å². The van der Waals surface area contributed by atoms with E-state index in [9.17, 15) is 0 Å². The Morgan fingerprint density at radius 1 is 0.875 bits per heavy atom. The highest BCUT2D eigenvalue weighted by molar-refractivity contribution is 5.79. The number of nitrogens with zero attached hydrogens (tertiary/aromatic N) is 1. The van der Waals surface area contributed by atoms with Crippen molar-refractivity contribution in [3.63, 3.8) is 0 Å². The van der Waals surface area contributed by atoms with Crippen molar-refractivity contribution in [1.82, 2.24) is 9.97 Å². The number of hydrogen-bond donors (Lipinski definition) is 2. The number of unbranched alkanes of at least 4 members (excludes halogenated alkanes) is 7. The number of nitrogens with two attached hydrogens (primary N) is 1. The molecule has 0 saturated carbocycles. The third kappa shape index (κ3) is 5.41. The summed E-state index contributed by atoms with van der Waals surface area (Å²) in [4.78, 5) is 8.05. The van der Waals surface area contributed by atoms with Crippen LogP contribution in [0.2, 0.25) is 0 Å². The Morgan fingerprint density at radius 2 is 1.46 bits per heavy atom. The first-order valence-corrected chi connectivity index (χ1v) is 9.09. The van der Waals surface area contributed by atoms with Crippen molar-refractivity contribution in [3.05, 3.63) is 18.0 Å². The SMILES string of the molecule is COc1cc2nc(CCCCCCCCCCN)[nH]c2cc1OC. The molecule has 0 radical (unpaired) electrons. The molecule has 134 valence electrons. The van der Waals surface area contributed by atoms with E-state index in [1.807, 2.05) is 12.1 Å². The van der Waals surface area contributed by atoms with Gasteiger partial charge in [0.2, 0.25) is 0 Å². The third-order valence-electron chi connectivity index (χ3n) is 4.40. The van der Waals surface area contributed by atoms with E-state index in [0.29, 0.717) is 0 Å². The predicted octanol–water partition coefficient (Wildman–Crippen LogP) is 4.20. The number of ether oxygens (including phenoxy) is 2. The van der Waals surface area contributed by atoms with E-state index >= 15 is 0 Å². The molecule has 0 bridgehead atoms. The zero-order valence-electron chi connectivity index (χ0n) is 15.1. The normalized spacial score (nSPS) is 11.1. The Labute approximate surface area is 144 Å². The lowest BCUT2D eigenvalue weighted by molar-refractivity contribution is 0.356. The maximum atomic E-state index is 5.50. The van der Waals surface area contributed by atoms with Gasteiger partial charge in [0.25, 0.3) is 0 Å². The minimum absolute atomic E-state index is 0.720. The molecule has 0 aliphatic rings. The number of nitrogens with one attached hydrogen (secondary N) is 1. The van der Waals surface area contributed by atoms with Crippen molar-refractivity contribution in [2.75, 3.05) is 20.8 Å². The van der Waals surface area contributed by atoms with Gasteiger partial charge in [-0.25, -0.2) is 4.98 Å². The Balaban J connectivity index is 1.73. The zero-order chi connectivity index (χ0) is 17.2. The van der Waals surface area contributed by atoms with Crippen LogP contribution >= 0.6 is 0 Å². The topological polar surface area (TPSA) is 73.2 Å². The fourth-order valence-electron chi connectivity index (χ4n) is 3.01. The average molecular weight is 333 g/mol. The number of benzene rings is 1. The number of methoxy groups -OCH3 is 2. The average Bonchev–Trinajstić information content (AvgIpc) is 3.00. The molecule has 1 aromatic heterocycles. The summed E-state index contributed by atoms with van der Waals surface area (Å²) in [6.07, 6.45) is 11.2. The van der Waals surface area contributed by atoms with Gasteiger partial charge in [-0.1, -0.05) is 38.5 Å². The summed E-state index contributed by atoms with van der Waals surface area (Å²) in [5.41, 5.74) is 7.44. The first-order chi connectivity index (χ1) is 11.8. The molecule has 0 atom stereocenters. The molecule has 5 heteroatoms. The lowest BCUT2D eigenvalue weighted by Gasteiger charge is -2.06. The number of aromatic amines is 1. The summed E-state index contributed by atoms with van der Waals surface area (Å²) in [7, 11) is 3.30. The monoisotopic (exact) mass is 333 g/mol. The van der Waals surface area contributed by atoms with Gasteiger partial charge in [0.05, 0.1) is 25.3 Å². The highest BCUT2D eigenvalue weighted by Gasteiger charge is 2.09. The first kappa shape index (κ1) is 18.6. The highest BCUT2D eigenvalue weighted by Crippen LogP contribution is 2.31. The van der Waals surface area contributed by atoms with E-state index in [1.165, 1.54) is 51.4 Å². The Bertz CT molecular complexity index is 569. The van der Waals surface area contributed by atoms with Crippen molar-refractivity contribution < 1.29 is 9.47 Å². The number of fused-ring (bicyclic) bond motifs is 1. The lowest BCUT2D eigenvalue weighted by Crippen LogP contribution is -1.97. The van der Waals surface area contributed by atoms with Crippen LogP contribution in [-0.2, 0) is 6.42 Å². The molecule has 3 N–H and O–H groups in total. The molecule has 0 amide bonds. The van der Waals surface area contributed by atoms with E-state index in [1.54, 1.807) is 14.2 Å². The molecule has 2 rings (SSSR count). The van der Waals surface area contributed by atoms with Gasteiger partial charge in [0.15, 0.2) is 11.5 Å². The van der Waals surface area contributed by atoms with E-state index < -0.39 is 0 Å². The van der Waals surface area contributed by atoms with Crippen LogP contribution in [0.15, 0.2) is 12.1 Å². The van der Waals surface area contributed by atoms with Crippen LogP contribution in [-0.4, -0.2) is 30.7 Å². The molecular formula is C19H31N3O2. The summed E-state index contributed by atoms with van der Waals surface area (Å²) < 4.78 is 10.7. The standard InChI is InChI=1S/C19H31N3O2/c1-23-17-13-15-16(14-18(17)24-2)22-19(21-15)11-9-7-5-3-4-6-8-10-12-20/h13-14H,3-12,20H2,1-2H3,(H,21,22). The lowest BCUT2D eigenvalue weighted by atomic mass is 10.1. The predicted molar refractivity (Wildman–Crippen MR) is 98.9 cm³/mol. The van der Waals surface area contributed by atoms with Gasteiger partial charge >= 0.3 is 0 Å². The molecule has 0 fully saturated rings. The Kier molecular flexibility index (Phi) is 7.89. The van der Waals surface area contributed by atoms with Gasteiger partial charge in [0.1, 0.15) is 5.82 Å². The summed E-state index contributed by atoms with van der Waals surface area (Å²) in [5, 5.41) is 0. The molecule has 0 spiro atoms. The molecule has 0 aliphatic carbocycles. The summed E-state index contributed by atoms with van der Waals surface area (Å²) in [6.45, 7) is 0.829. The van der Waals surface area contributed by atoms with Gasteiger partial charge in [-0.2, -0.15) is 0 Å². The van der Waals surface area contributed by atoms with Crippen molar-refractivity contribution in [2.24, 2.45) is 5.73 Å². The number of rotatable bonds is 12. The molecular weight excluding hydrogens is 302 g/mol. The molecule has 5 nitrogen and oxygen atoms in total. The largest absolute Gasteiger partial charge is 0.493 e. The van der Waals surface area contributed by atoms with Crippen LogP contribution in [0.3, 0.4) is 0 Å². The third-order valence-corrected chi connectivity index (χ3v) is 4.40. The van der Waals surface area contributed by atoms with Crippen LogP contribution in [0, 0.1) is 0 Å². The van der Waals surface area contributed by atoms with E-state index in [2.05, 4.69) is 9.97 Å². The number of aryl methyl sites for hydroxylation is 1. The molecule has 0 saturated heterocycles. The van der Waals surface area contributed by atoms with Crippen molar-refractivity contribution in [1.29, 1.82) is 0 Å². The van der Waals surface area contributed by atoms with Crippen LogP contribution < -0.4 is 15.2 Å². The van der Waals surface area contributed by atoms with Crippen molar-refractivity contribution in [3.8, 4) is 11.5 Å². The molecule has 0 unspecified atom stereocenters. The fraction of sp³-hybridized carbons (Fsp3) is 0.632. The molecule has 1 heterocycles. The second-order valence-corrected chi connectivity index (χ2v) is 6.27. The van der Waals surface area contributed by atoms with E-state index in [4.69, 9.17) is 15.2 Å². The van der Waals surface area contributed by atoms with E-state index in [-0.39, 0.29) is 0 Å². The molecule has 2 aromatic rings. The summed E-state index contributed by atoms with van der Waals surface area (Å²) in [6, 6.07) is 3.88. The second kappa shape index (κ2) is 10.2. The van der Waals surface area contributed by atoms with Crippen LogP contribution in [0.5, 0.6) is 11.5 Å². The van der Waals surface area contributed by atoms with Gasteiger partial charge in [-0.15, -0.1) is 0 Å². The maximum Gasteiger partial charge on any atom is 0.163 e. The minimum Gasteiger partial charge on any atom is -0.493 e. The maximum absolute atomic E-state index is 5.50. The summed E-state index contributed by atoms with van der Waals surface area (Å²) >= 11 is 0. The minimum atomic E-state index is 0.720. The number of hydrogen-bond acceptors (Lipinski definition) is 4. The van der Waals surface area contributed by atoms with Gasteiger partial charge in [-0.3, -0.25) is 0 Å². The van der Waals surface area contributed by atoms with Crippen molar-refractivity contribution in [2.45, 2.75) is 57.8 Å². The Hall–Kier alpha value is -1.75. The highest BCUT2D eigenvalue weighted by atomic mass is 16.5. The summed E-state index contributed by atoms with van der Waals surface area (Å²) in [5.74, 6) is 2.50. The van der Waals surface area contributed by atoms with Crippen molar-refractivity contribution >= 4 is 11.0 Å². The molecule has 0 aliphatic heterocycles. The Morgan fingerprint density at radius 3 is 2.08 bits per heavy atom. The number of H-pyrrole nitrogens is 1. The molecule has 1 aromatic carbocycles. The smallest absolute Gasteiger partial charge is 0.163 e. The van der Waals surface area contributed by atoms with E-state index in [0.717, 1.165) is 41.3 Å². The van der Waals surface area contributed by atoms with Crippen LogP contribution in [0.4, 0.5) is 0 Å². The number of aromatic nitrogens is 2.